The van der Waals surface area contributed by atoms with Crippen molar-refractivity contribution in [2.24, 2.45) is 0 Å². The minimum absolute atomic E-state index is 0.0919. The van der Waals surface area contributed by atoms with E-state index >= 15 is 0 Å². The van der Waals surface area contributed by atoms with Gasteiger partial charge in [0.1, 0.15) is 11.5 Å². The van der Waals surface area contributed by atoms with E-state index in [9.17, 15) is 9.18 Å². The number of esters is 1. The molecule has 1 heterocycles. The summed E-state index contributed by atoms with van der Waals surface area (Å²) in [6, 6.07) is 3.76. The molecule has 0 amide bonds. The first-order valence-electron chi connectivity index (χ1n) is 4.97. The number of nitrogens with zero attached hydrogens (tertiary/aromatic N) is 2. The molecule has 0 N–H and O–H groups in total. The first-order chi connectivity index (χ1) is 8.61. The second kappa shape index (κ2) is 5.10. The van der Waals surface area contributed by atoms with Crippen LogP contribution in [0, 0.1) is 5.82 Å². The Kier molecular flexibility index (Phi) is 3.53. The van der Waals surface area contributed by atoms with E-state index in [1.807, 2.05) is 0 Å². The first kappa shape index (κ1) is 12.4. The van der Waals surface area contributed by atoms with Gasteiger partial charge < -0.3 is 4.74 Å². The van der Waals surface area contributed by atoms with Crippen molar-refractivity contribution in [3.8, 4) is 11.3 Å². The third kappa shape index (κ3) is 2.46. The number of hydrogen-bond donors (Lipinski definition) is 0. The maximum Gasteiger partial charge on any atom is 0.337 e. The van der Waals surface area contributed by atoms with Gasteiger partial charge in [-0.05, 0) is 18.2 Å². The van der Waals surface area contributed by atoms with E-state index in [0.29, 0.717) is 11.3 Å². The average molecular weight is 267 g/mol. The van der Waals surface area contributed by atoms with Crippen molar-refractivity contribution < 1.29 is 13.9 Å². The molecule has 0 fully saturated rings. The van der Waals surface area contributed by atoms with E-state index in [0.717, 1.165) is 6.07 Å². The van der Waals surface area contributed by atoms with E-state index in [2.05, 4.69) is 14.7 Å². The fraction of sp³-hybridized carbons (Fsp3) is 0.0833. The number of methoxy groups -OCH3 is 1. The summed E-state index contributed by atoms with van der Waals surface area (Å²) in [5.41, 5.74) is 0.770. The van der Waals surface area contributed by atoms with Gasteiger partial charge in [-0.1, -0.05) is 11.6 Å². The molecule has 0 aliphatic rings. The molecule has 0 saturated heterocycles. The molecular weight excluding hydrogens is 259 g/mol. The average Bonchev–Trinajstić information content (AvgIpc) is 2.37. The maximum absolute atomic E-state index is 13.4. The minimum Gasteiger partial charge on any atom is -0.465 e. The van der Waals surface area contributed by atoms with Gasteiger partial charge in [-0.3, -0.25) is 4.98 Å². The summed E-state index contributed by atoms with van der Waals surface area (Å²) in [5.74, 6) is -1.20. The van der Waals surface area contributed by atoms with Crippen LogP contribution in [0.1, 0.15) is 10.4 Å². The minimum atomic E-state index is -0.629. The molecule has 18 heavy (non-hydrogen) atoms. The van der Waals surface area contributed by atoms with E-state index in [1.165, 1.54) is 31.6 Å². The third-order valence-corrected chi connectivity index (χ3v) is 2.52. The Hall–Kier alpha value is -2.01. The molecule has 0 radical (unpaired) electrons. The molecule has 4 nitrogen and oxygen atoms in total. The quantitative estimate of drug-likeness (QED) is 0.784. The maximum atomic E-state index is 13.4. The van der Waals surface area contributed by atoms with Crippen molar-refractivity contribution in [1.29, 1.82) is 0 Å². The van der Waals surface area contributed by atoms with Crippen molar-refractivity contribution >= 4 is 17.6 Å². The highest BCUT2D eigenvalue weighted by Gasteiger charge is 2.12. The summed E-state index contributed by atoms with van der Waals surface area (Å²) in [6.45, 7) is 0. The molecule has 1 aromatic heterocycles. The fourth-order valence-electron chi connectivity index (χ4n) is 1.48. The molecule has 2 rings (SSSR count). The Bertz CT molecular complexity index is 604. The van der Waals surface area contributed by atoms with Gasteiger partial charge in [0.25, 0.3) is 0 Å². The predicted octanol–water partition coefficient (Wildman–Crippen LogP) is 2.72. The van der Waals surface area contributed by atoms with Crippen molar-refractivity contribution in [2.75, 3.05) is 7.11 Å². The van der Waals surface area contributed by atoms with Crippen molar-refractivity contribution in [2.45, 2.75) is 0 Å². The van der Waals surface area contributed by atoms with Crippen LogP contribution >= 0.6 is 11.6 Å². The second-order valence-corrected chi connectivity index (χ2v) is 3.77. The Morgan fingerprint density at radius 1 is 1.28 bits per heavy atom. The van der Waals surface area contributed by atoms with Crippen LogP contribution in [-0.4, -0.2) is 23.0 Å². The molecule has 1 aromatic carbocycles. The zero-order valence-electron chi connectivity index (χ0n) is 9.35. The Morgan fingerprint density at radius 3 is 2.67 bits per heavy atom. The monoisotopic (exact) mass is 266 g/mol. The number of aromatic nitrogens is 2. The van der Waals surface area contributed by atoms with E-state index in [1.54, 1.807) is 0 Å². The van der Waals surface area contributed by atoms with Crippen LogP contribution in [0.5, 0.6) is 0 Å². The fourth-order valence-corrected chi connectivity index (χ4v) is 1.69. The number of halogens is 2. The predicted molar refractivity (Wildman–Crippen MR) is 63.8 cm³/mol. The molecule has 0 unspecified atom stereocenters. The Balaban J connectivity index is 2.55. The zero-order valence-corrected chi connectivity index (χ0v) is 10.1. The number of benzene rings is 1. The van der Waals surface area contributed by atoms with Gasteiger partial charge in [0.2, 0.25) is 0 Å². The Labute approximate surface area is 107 Å². The lowest BCUT2D eigenvalue weighted by Gasteiger charge is -2.05. The van der Waals surface area contributed by atoms with Crippen molar-refractivity contribution in [1.82, 2.24) is 9.97 Å². The number of rotatable bonds is 2. The lowest BCUT2D eigenvalue weighted by Crippen LogP contribution is -2.02. The highest BCUT2D eigenvalue weighted by molar-refractivity contribution is 6.31. The van der Waals surface area contributed by atoms with Gasteiger partial charge in [0.05, 0.1) is 12.7 Å². The molecule has 92 valence electrons. The summed E-state index contributed by atoms with van der Waals surface area (Å²) in [5, 5.41) is 0.138. The van der Waals surface area contributed by atoms with Gasteiger partial charge in [0.15, 0.2) is 5.15 Å². The second-order valence-electron chi connectivity index (χ2n) is 3.42. The topological polar surface area (TPSA) is 52.1 Å². The van der Waals surface area contributed by atoms with E-state index in [-0.39, 0.29) is 10.7 Å². The largest absolute Gasteiger partial charge is 0.465 e. The lowest BCUT2D eigenvalue weighted by atomic mass is 10.1. The summed E-state index contributed by atoms with van der Waals surface area (Å²) in [7, 11) is 1.22. The highest BCUT2D eigenvalue weighted by atomic mass is 35.5. The van der Waals surface area contributed by atoms with Crippen LogP contribution in [-0.2, 0) is 4.74 Å². The summed E-state index contributed by atoms with van der Waals surface area (Å²) < 4.78 is 18.0. The SMILES string of the molecule is COC(=O)c1cc(F)cc(-c2nccnc2Cl)c1. The summed E-state index contributed by atoms with van der Waals surface area (Å²) >= 11 is 5.86. The van der Waals surface area contributed by atoms with Gasteiger partial charge >= 0.3 is 5.97 Å². The molecular formula is C12H8ClFN2O2. The number of ether oxygens (including phenoxy) is 1. The summed E-state index contributed by atoms with van der Waals surface area (Å²) in [6.07, 6.45) is 2.86. The smallest absolute Gasteiger partial charge is 0.337 e. The van der Waals surface area contributed by atoms with E-state index in [4.69, 9.17) is 11.6 Å². The van der Waals surface area contributed by atoms with Crippen LogP contribution in [0.25, 0.3) is 11.3 Å². The van der Waals surface area contributed by atoms with Crippen molar-refractivity contribution in [3.63, 3.8) is 0 Å². The number of hydrogen-bond acceptors (Lipinski definition) is 4. The molecule has 0 saturated carbocycles. The van der Waals surface area contributed by atoms with Crippen LogP contribution < -0.4 is 0 Å². The van der Waals surface area contributed by atoms with Gasteiger partial charge in [0, 0.05) is 18.0 Å². The van der Waals surface area contributed by atoms with Crippen LogP contribution in [0.3, 0.4) is 0 Å². The molecule has 0 aliphatic carbocycles. The van der Waals surface area contributed by atoms with Crippen LogP contribution in [0.4, 0.5) is 4.39 Å². The lowest BCUT2D eigenvalue weighted by molar-refractivity contribution is 0.0600. The van der Waals surface area contributed by atoms with Crippen LogP contribution in [0.2, 0.25) is 5.15 Å². The van der Waals surface area contributed by atoms with Crippen molar-refractivity contribution in [3.05, 3.63) is 47.1 Å². The van der Waals surface area contributed by atoms with Gasteiger partial charge in [-0.15, -0.1) is 0 Å². The third-order valence-electron chi connectivity index (χ3n) is 2.25. The number of carbonyl (C=O) groups excluding carboxylic acids is 1. The highest BCUT2D eigenvalue weighted by Crippen LogP contribution is 2.25. The first-order valence-corrected chi connectivity index (χ1v) is 5.35. The zero-order chi connectivity index (χ0) is 13.1. The molecule has 0 atom stereocenters. The normalized spacial score (nSPS) is 10.2. The molecule has 0 aliphatic heterocycles. The molecule has 6 heteroatoms. The molecule has 0 spiro atoms. The Morgan fingerprint density at radius 2 is 2.00 bits per heavy atom. The van der Waals surface area contributed by atoms with E-state index < -0.39 is 11.8 Å². The summed E-state index contributed by atoms with van der Waals surface area (Å²) in [4.78, 5) is 19.2. The van der Waals surface area contributed by atoms with Crippen LogP contribution in [0.15, 0.2) is 30.6 Å². The molecule has 0 bridgehead atoms. The van der Waals surface area contributed by atoms with Gasteiger partial charge in [-0.2, -0.15) is 0 Å². The molecule has 2 aromatic rings. The number of carbonyl (C=O) groups is 1. The van der Waals surface area contributed by atoms with Gasteiger partial charge in [-0.25, -0.2) is 14.2 Å². The standard InChI is InChI=1S/C12H8ClFN2O2/c1-18-12(17)8-4-7(5-9(14)6-8)10-11(13)16-3-2-15-10/h2-6H,1H3.